The summed E-state index contributed by atoms with van der Waals surface area (Å²) >= 11 is 0. The molecule has 0 aliphatic carbocycles. The van der Waals surface area contributed by atoms with Gasteiger partial charge >= 0.3 is 0 Å². The lowest BCUT2D eigenvalue weighted by molar-refractivity contribution is 0.382. The van der Waals surface area contributed by atoms with Crippen LogP contribution >= 0.6 is 0 Å². The van der Waals surface area contributed by atoms with Gasteiger partial charge in [-0.2, -0.15) is 0 Å². The molecule has 0 saturated carbocycles. The van der Waals surface area contributed by atoms with Crippen molar-refractivity contribution in [3.05, 3.63) is 35.9 Å². The van der Waals surface area contributed by atoms with E-state index in [4.69, 9.17) is 0 Å². The van der Waals surface area contributed by atoms with Gasteiger partial charge in [-0.05, 0) is 30.2 Å². The van der Waals surface area contributed by atoms with Crippen LogP contribution in [0.15, 0.2) is 30.3 Å². The zero-order valence-electron chi connectivity index (χ0n) is 9.01. The normalized spacial score (nSPS) is 10.8. The molecule has 1 aromatic carbocycles. The van der Waals surface area contributed by atoms with E-state index >= 15 is 0 Å². The van der Waals surface area contributed by atoms with E-state index in [9.17, 15) is 0 Å². The van der Waals surface area contributed by atoms with Gasteiger partial charge in [0.1, 0.15) is 0 Å². The van der Waals surface area contributed by atoms with Crippen molar-refractivity contribution in [2.75, 3.05) is 0 Å². The number of benzene rings is 1. The topological polar surface area (TPSA) is 0 Å². The Bertz CT molecular complexity index is 228. The van der Waals surface area contributed by atoms with Crippen LogP contribution in [-0.2, 0) is 5.41 Å². The molecular formula is C13H23Al. The van der Waals surface area contributed by atoms with Gasteiger partial charge < -0.3 is 0 Å². The fourth-order valence-electron chi connectivity index (χ4n) is 2.15. The van der Waals surface area contributed by atoms with E-state index in [0.29, 0.717) is 5.41 Å². The molecule has 0 unspecified atom stereocenters. The zero-order valence-corrected chi connectivity index (χ0v) is 9.01. The maximum atomic E-state index is 2.29. The zero-order chi connectivity index (χ0) is 9.73. The Labute approximate surface area is 98.9 Å². The summed E-state index contributed by atoms with van der Waals surface area (Å²) in [7, 11) is 0. The summed E-state index contributed by atoms with van der Waals surface area (Å²) in [6.45, 7) is 6.88. The lowest BCUT2D eigenvalue weighted by Crippen LogP contribution is -2.22. The average molecular weight is 206 g/mol. The molecule has 0 amide bonds. The standard InChI is InChI=1S/C13H20.Al.3H/c1-4-13(5-2,6-3)12-10-8-7-9-11-12;;;;/h7-11H,4-6H2,1-3H3;;;;. The van der Waals surface area contributed by atoms with Gasteiger partial charge in [0.05, 0.1) is 0 Å². The van der Waals surface area contributed by atoms with Crippen LogP contribution in [0.5, 0.6) is 0 Å². The molecule has 0 spiro atoms. The molecule has 0 fully saturated rings. The van der Waals surface area contributed by atoms with Crippen molar-refractivity contribution in [1.29, 1.82) is 0 Å². The van der Waals surface area contributed by atoms with Gasteiger partial charge in [0.25, 0.3) is 0 Å². The van der Waals surface area contributed by atoms with E-state index in [2.05, 4.69) is 51.1 Å². The molecule has 0 saturated heterocycles. The van der Waals surface area contributed by atoms with Gasteiger partial charge in [-0.3, -0.25) is 0 Å². The summed E-state index contributed by atoms with van der Waals surface area (Å²) in [6.07, 6.45) is 3.72. The first-order chi connectivity index (χ1) is 6.29. The summed E-state index contributed by atoms with van der Waals surface area (Å²) in [4.78, 5) is 0. The maximum Gasteiger partial charge on any atom is 0.187 e. The van der Waals surface area contributed by atoms with Crippen molar-refractivity contribution < 1.29 is 0 Å². The van der Waals surface area contributed by atoms with Crippen LogP contribution < -0.4 is 0 Å². The minimum atomic E-state index is 0. The average Bonchev–Trinajstić information content (AvgIpc) is 2.23. The highest BCUT2D eigenvalue weighted by Crippen LogP contribution is 2.34. The van der Waals surface area contributed by atoms with Gasteiger partial charge in [-0.1, -0.05) is 51.1 Å². The van der Waals surface area contributed by atoms with E-state index in [0.717, 1.165) is 0 Å². The summed E-state index contributed by atoms with van der Waals surface area (Å²) < 4.78 is 0. The number of hydrogen-bond donors (Lipinski definition) is 0. The number of rotatable bonds is 4. The quantitative estimate of drug-likeness (QED) is 0.664. The monoisotopic (exact) mass is 206 g/mol. The van der Waals surface area contributed by atoms with Crippen LogP contribution in [0, 0.1) is 0 Å². The second kappa shape index (κ2) is 6.28. The van der Waals surface area contributed by atoms with Gasteiger partial charge in [0.2, 0.25) is 0 Å². The smallest absolute Gasteiger partial charge is 0.0645 e. The summed E-state index contributed by atoms with van der Waals surface area (Å²) in [5.41, 5.74) is 1.92. The van der Waals surface area contributed by atoms with Crippen molar-refractivity contribution in [2.24, 2.45) is 0 Å². The SMILES string of the molecule is CCC(CC)(CC)c1ccccc1.[AlH3]. The Hall–Kier alpha value is -0.248. The van der Waals surface area contributed by atoms with Crippen LogP contribution in [0.2, 0.25) is 0 Å². The molecule has 0 aromatic heterocycles. The lowest BCUT2D eigenvalue weighted by atomic mass is 9.74. The van der Waals surface area contributed by atoms with Crippen LogP contribution in [-0.4, -0.2) is 17.4 Å². The van der Waals surface area contributed by atoms with Crippen molar-refractivity contribution >= 4 is 17.4 Å². The highest BCUT2D eigenvalue weighted by atomic mass is 27.0. The first-order valence-corrected chi connectivity index (χ1v) is 5.34. The van der Waals surface area contributed by atoms with E-state index < -0.39 is 0 Å². The Morgan fingerprint density at radius 3 is 1.64 bits per heavy atom. The predicted octanol–water partition coefficient (Wildman–Crippen LogP) is 2.97. The Kier molecular flexibility index (Phi) is 6.17. The van der Waals surface area contributed by atoms with Crippen molar-refractivity contribution in [2.45, 2.75) is 45.4 Å². The first-order valence-electron chi connectivity index (χ1n) is 5.34. The minimum absolute atomic E-state index is 0. The Morgan fingerprint density at radius 1 is 0.857 bits per heavy atom. The fourth-order valence-corrected chi connectivity index (χ4v) is 2.15. The largest absolute Gasteiger partial charge is 0.187 e. The third kappa shape index (κ3) is 2.62. The van der Waals surface area contributed by atoms with Gasteiger partial charge in [-0.25, -0.2) is 0 Å². The van der Waals surface area contributed by atoms with E-state index in [1.165, 1.54) is 24.8 Å². The molecule has 0 bridgehead atoms. The minimum Gasteiger partial charge on any atom is -0.0645 e. The van der Waals surface area contributed by atoms with Crippen molar-refractivity contribution in [3.63, 3.8) is 0 Å². The lowest BCUT2D eigenvalue weighted by Gasteiger charge is -2.31. The van der Waals surface area contributed by atoms with E-state index in [-0.39, 0.29) is 17.4 Å². The molecule has 78 valence electrons. The molecular weight excluding hydrogens is 183 g/mol. The predicted molar refractivity (Wildman–Crippen MR) is 68.9 cm³/mol. The first kappa shape index (κ1) is 13.8. The molecule has 0 heterocycles. The molecule has 0 aliphatic heterocycles. The number of hydrogen-bond acceptors (Lipinski definition) is 0. The van der Waals surface area contributed by atoms with Gasteiger partial charge in [0, 0.05) is 0 Å². The molecule has 0 N–H and O–H groups in total. The highest BCUT2D eigenvalue weighted by Gasteiger charge is 2.25. The van der Waals surface area contributed by atoms with Gasteiger partial charge in [-0.15, -0.1) is 0 Å². The highest BCUT2D eigenvalue weighted by molar-refractivity contribution is 5.75. The van der Waals surface area contributed by atoms with Crippen molar-refractivity contribution in [1.82, 2.24) is 0 Å². The Morgan fingerprint density at radius 2 is 1.29 bits per heavy atom. The summed E-state index contributed by atoms with van der Waals surface area (Å²) in [6, 6.07) is 10.9. The van der Waals surface area contributed by atoms with Crippen molar-refractivity contribution in [3.8, 4) is 0 Å². The Balaban J connectivity index is 0.00000169. The van der Waals surface area contributed by atoms with Crippen LogP contribution in [0.4, 0.5) is 0 Å². The second-order valence-electron chi connectivity index (χ2n) is 3.71. The molecule has 0 radical (unpaired) electrons. The van der Waals surface area contributed by atoms with Crippen LogP contribution in [0.1, 0.15) is 45.6 Å². The third-order valence-corrected chi connectivity index (χ3v) is 3.42. The van der Waals surface area contributed by atoms with Gasteiger partial charge in [0.15, 0.2) is 17.4 Å². The molecule has 1 rings (SSSR count). The molecule has 1 heteroatoms. The van der Waals surface area contributed by atoms with Crippen LogP contribution in [0.3, 0.4) is 0 Å². The molecule has 0 nitrogen and oxygen atoms in total. The summed E-state index contributed by atoms with van der Waals surface area (Å²) in [5, 5.41) is 0. The van der Waals surface area contributed by atoms with Crippen LogP contribution in [0.25, 0.3) is 0 Å². The van der Waals surface area contributed by atoms with E-state index in [1.807, 2.05) is 0 Å². The fraction of sp³-hybridized carbons (Fsp3) is 0.538. The molecule has 0 aliphatic rings. The molecule has 14 heavy (non-hydrogen) atoms. The molecule has 0 atom stereocenters. The third-order valence-electron chi connectivity index (χ3n) is 3.42. The maximum absolute atomic E-state index is 2.29. The molecule has 1 aromatic rings. The second-order valence-corrected chi connectivity index (χ2v) is 3.71. The van der Waals surface area contributed by atoms with E-state index in [1.54, 1.807) is 0 Å². The summed E-state index contributed by atoms with van der Waals surface area (Å²) in [5.74, 6) is 0.